The van der Waals surface area contributed by atoms with Crippen molar-refractivity contribution >= 4 is 56.5 Å². The van der Waals surface area contributed by atoms with E-state index in [1.807, 2.05) is 55.5 Å². The molecule has 0 bridgehead atoms. The van der Waals surface area contributed by atoms with Gasteiger partial charge < -0.3 is 15.2 Å². The lowest BCUT2D eigenvalue weighted by Crippen LogP contribution is -2.38. The second-order valence-corrected chi connectivity index (χ2v) is 8.10. The van der Waals surface area contributed by atoms with Gasteiger partial charge in [0.25, 0.3) is 5.91 Å². The number of nitrogens with two attached hydrogens (primary N) is 1. The second-order valence-electron chi connectivity index (χ2n) is 6.85. The Morgan fingerprint density at radius 2 is 2.03 bits per heavy atom. The molecule has 0 saturated carbocycles. The van der Waals surface area contributed by atoms with Gasteiger partial charge in [-0.25, -0.2) is 0 Å². The fourth-order valence-corrected chi connectivity index (χ4v) is 3.90. The van der Waals surface area contributed by atoms with Crippen molar-refractivity contribution in [3.05, 3.63) is 81.5 Å². The van der Waals surface area contributed by atoms with E-state index in [2.05, 4.69) is 34.3 Å². The summed E-state index contributed by atoms with van der Waals surface area (Å²) in [6.45, 7) is 6.70. The van der Waals surface area contributed by atoms with Crippen LogP contribution < -0.4 is 10.6 Å². The summed E-state index contributed by atoms with van der Waals surface area (Å²) >= 11 is 2.27. The molecule has 2 N–H and O–H groups in total. The molecule has 0 spiro atoms. The average molecular weight is 497 g/mol. The summed E-state index contributed by atoms with van der Waals surface area (Å²) in [7, 11) is 0. The number of rotatable bonds is 3. The molecule has 2 heterocycles. The van der Waals surface area contributed by atoms with Crippen LogP contribution in [0.2, 0.25) is 0 Å². The number of carbonyl (C=O) groups is 1. The minimum atomic E-state index is -0.0673. The van der Waals surface area contributed by atoms with E-state index in [0.717, 1.165) is 26.0 Å². The molecule has 146 valence electrons. The molecule has 2 aromatic carbocycles. The van der Waals surface area contributed by atoms with E-state index in [4.69, 9.17) is 10.3 Å². The number of amides is 1. The van der Waals surface area contributed by atoms with Gasteiger partial charge in [0, 0.05) is 15.8 Å². The first-order valence-corrected chi connectivity index (χ1v) is 10.4. The van der Waals surface area contributed by atoms with Crippen LogP contribution in [0.5, 0.6) is 0 Å². The fourth-order valence-electron chi connectivity index (χ4n) is 3.54. The molecule has 6 heteroatoms. The highest BCUT2D eigenvalue weighted by Gasteiger charge is 2.30. The molecule has 0 aliphatic carbocycles. The smallest absolute Gasteiger partial charge is 0.259 e. The van der Waals surface area contributed by atoms with Crippen LogP contribution in [0.25, 0.3) is 16.5 Å². The number of fused-ring (bicyclic) bond motifs is 1. The molecule has 1 saturated heterocycles. The van der Waals surface area contributed by atoms with Crippen LogP contribution >= 0.6 is 22.6 Å². The number of carbonyl (C=O) groups excluding carboxylic acids is 1. The quantitative estimate of drug-likeness (QED) is 0.392. The highest BCUT2D eigenvalue weighted by atomic mass is 127. The molecule has 1 fully saturated rings. The largest absolute Gasteiger partial charge is 0.380 e. The number of nitrogen functional groups attached to an aromatic ring is 1. The Bertz CT molecular complexity index is 1170. The van der Waals surface area contributed by atoms with Gasteiger partial charge in [0.15, 0.2) is 11.4 Å². The average Bonchev–Trinajstić information content (AvgIpc) is 3.08. The maximum absolute atomic E-state index is 13.6. The molecule has 0 atom stereocenters. The number of allylic oxidation sites excluding steroid dienone is 3. The van der Waals surface area contributed by atoms with Crippen molar-refractivity contribution in [1.29, 1.82) is 0 Å². The predicted molar refractivity (Wildman–Crippen MR) is 125 cm³/mol. The molecule has 29 heavy (non-hydrogen) atoms. The molecule has 1 aromatic heterocycles. The first-order chi connectivity index (χ1) is 14.0. The Kier molecular flexibility index (Phi) is 5.27. The minimum Gasteiger partial charge on any atom is -0.380 e. The number of anilines is 2. The molecule has 3 aromatic rings. The number of benzene rings is 2. The number of nitrogens with zero attached hydrogens (tertiary/aromatic N) is 2. The molecular formula is C23H20IN3O2. The van der Waals surface area contributed by atoms with Crippen molar-refractivity contribution in [2.75, 3.05) is 17.2 Å². The monoisotopic (exact) mass is 497 g/mol. The molecule has 1 aliphatic rings. The van der Waals surface area contributed by atoms with Crippen LogP contribution in [0.4, 0.5) is 11.5 Å². The summed E-state index contributed by atoms with van der Waals surface area (Å²) in [5.41, 5.74) is 10.6. The predicted octanol–water partition coefficient (Wildman–Crippen LogP) is 5.34. The first-order valence-electron chi connectivity index (χ1n) is 9.27. The summed E-state index contributed by atoms with van der Waals surface area (Å²) in [5, 5.41) is 4.50. The van der Waals surface area contributed by atoms with Gasteiger partial charge in [-0.05, 0) is 83.0 Å². The lowest BCUT2D eigenvalue weighted by atomic mass is 9.89. The molecule has 0 radical (unpaired) electrons. The summed E-state index contributed by atoms with van der Waals surface area (Å²) in [6, 6.07) is 13.6. The number of hydrogen-bond donors (Lipinski definition) is 1. The Balaban J connectivity index is 1.82. The van der Waals surface area contributed by atoms with Crippen molar-refractivity contribution in [2.45, 2.75) is 13.3 Å². The Labute approximate surface area is 182 Å². The van der Waals surface area contributed by atoms with Crippen LogP contribution in [0.15, 0.2) is 76.9 Å². The van der Waals surface area contributed by atoms with Crippen LogP contribution in [0.3, 0.4) is 0 Å². The van der Waals surface area contributed by atoms with Gasteiger partial charge >= 0.3 is 0 Å². The van der Waals surface area contributed by atoms with Gasteiger partial charge in [0.1, 0.15) is 0 Å². The minimum absolute atomic E-state index is 0.0673. The van der Waals surface area contributed by atoms with E-state index in [1.165, 1.54) is 0 Å². The number of aromatic nitrogens is 1. The molecule has 0 unspecified atom stereocenters. The van der Waals surface area contributed by atoms with Crippen LogP contribution in [0, 0.1) is 3.57 Å². The molecule has 4 rings (SSSR count). The first kappa shape index (κ1) is 19.4. The number of piperidine rings is 1. The molecule has 1 aliphatic heterocycles. The van der Waals surface area contributed by atoms with Gasteiger partial charge in [0.2, 0.25) is 0 Å². The standard InChI is InChI=1S/C23H20IN3O2/c1-3-4-18(15-5-7-16(24)8-6-15)21-14(2)11-12-27(23(21)28)17-9-10-20-19(13-17)22(25)26-29-20/h3-10,13H,2,11-12H2,1H3,(H2,25,26)/b4-3-,21-18-. The van der Waals surface area contributed by atoms with Gasteiger partial charge in [0.05, 0.1) is 11.0 Å². The van der Waals surface area contributed by atoms with Crippen LogP contribution in [0.1, 0.15) is 18.9 Å². The SMILES string of the molecule is C=C1CCN(c2ccc3onc(N)c3c2)C(=O)/C1=C(/C=C\C)c1ccc(I)cc1. The van der Waals surface area contributed by atoms with E-state index >= 15 is 0 Å². The second kappa shape index (κ2) is 7.87. The van der Waals surface area contributed by atoms with Gasteiger partial charge in [-0.2, -0.15) is 0 Å². The van der Waals surface area contributed by atoms with E-state index in [0.29, 0.717) is 35.3 Å². The summed E-state index contributed by atoms with van der Waals surface area (Å²) < 4.78 is 6.33. The number of halogens is 1. The van der Waals surface area contributed by atoms with Crippen molar-refractivity contribution in [3.63, 3.8) is 0 Å². The maximum Gasteiger partial charge on any atom is 0.259 e. The highest BCUT2D eigenvalue weighted by Crippen LogP contribution is 2.35. The zero-order valence-corrected chi connectivity index (χ0v) is 18.1. The van der Waals surface area contributed by atoms with Crippen LogP contribution in [-0.4, -0.2) is 17.6 Å². The molecule has 5 nitrogen and oxygen atoms in total. The van der Waals surface area contributed by atoms with Gasteiger partial charge in [-0.15, -0.1) is 0 Å². The van der Waals surface area contributed by atoms with Crippen molar-refractivity contribution in [2.24, 2.45) is 0 Å². The van der Waals surface area contributed by atoms with Crippen molar-refractivity contribution in [1.82, 2.24) is 5.16 Å². The zero-order chi connectivity index (χ0) is 20.5. The lowest BCUT2D eigenvalue weighted by molar-refractivity contribution is -0.115. The Morgan fingerprint density at radius 3 is 2.76 bits per heavy atom. The molecular weight excluding hydrogens is 477 g/mol. The third-order valence-corrected chi connectivity index (χ3v) is 5.72. The normalized spacial score (nSPS) is 16.8. The van der Waals surface area contributed by atoms with Crippen molar-refractivity contribution in [3.8, 4) is 0 Å². The van der Waals surface area contributed by atoms with Crippen molar-refractivity contribution < 1.29 is 9.32 Å². The Hall–Kier alpha value is -2.87. The third-order valence-electron chi connectivity index (χ3n) is 5.00. The lowest BCUT2D eigenvalue weighted by Gasteiger charge is -2.31. The summed E-state index contributed by atoms with van der Waals surface area (Å²) in [5.74, 6) is 0.252. The summed E-state index contributed by atoms with van der Waals surface area (Å²) in [4.78, 5) is 15.3. The fraction of sp³-hybridized carbons (Fsp3) is 0.130. The molecule has 1 amide bonds. The van der Waals surface area contributed by atoms with Crippen LogP contribution in [-0.2, 0) is 4.79 Å². The van der Waals surface area contributed by atoms with Gasteiger partial charge in [-0.3, -0.25) is 4.79 Å². The van der Waals surface area contributed by atoms with E-state index in [9.17, 15) is 4.79 Å². The van der Waals surface area contributed by atoms with Gasteiger partial charge in [-0.1, -0.05) is 36.0 Å². The third kappa shape index (κ3) is 3.60. The van der Waals surface area contributed by atoms with E-state index in [-0.39, 0.29) is 5.91 Å². The Morgan fingerprint density at radius 1 is 1.28 bits per heavy atom. The summed E-state index contributed by atoms with van der Waals surface area (Å²) in [6.07, 6.45) is 4.62. The van der Waals surface area contributed by atoms with E-state index in [1.54, 1.807) is 11.0 Å². The maximum atomic E-state index is 13.6. The topological polar surface area (TPSA) is 72.4 Å². The van der Waals surface area contributed by atoms with E-state index < -0.39 is 0 Å². The number of hydrogen-bond acceptors (Lipinski definition) is 4. The zero-order valence-electron chi connectivity index (χ0n) is 16.0. The highest BCUT2D eigenvalue weighted by molar-refractivity contribution is 14.1.